The summed E-state index contributed by atoms with van der Waals surface area (Å²) in [7, 11) is 0. The van der Waals surface area contributed by atoms with Crippen LogP contribution in [0.15, 0.2) is 35.4 Å². The quantitative estimate of drug-likeness (QED) is 0.689. The van der Waals surface area contributed by atoms with Gasteiger partial charge in [0.2, 0.25) is 0 Å². The Morgan fingerprint density at radius 3 is 2.70 bits per heavy atom. The fourth-order valence-corrected chi connectivity index (χ4v) is 3.51. The third-order valence-corrected chi connectivity index (χ3v) is 5.12. The average molecular weight is 391 g/mol. The summed E-state index contributed by atoms with van der Waals surface area (Å²) >= 11 is 1.54. The molecule has 0 spiro atoms. The Labute approximate surface area is 163 Å². The van der Waals surface area contributed by atoms with Gasteiger partial charge in [0, 0.05) is 30.8 Å². The van der Waals surface area contributed by atoms with Crippen molar-refractivity contribution in [2.75, 3.05) is 57.1 Å². The van der Waals surface area contributed by atoms with E-state index >= 15 is 0 Å². The van der Waals surface area contributed by atoms with Crippen LogP contribution in [0.2, 0.25) is 0 Å². The van der Waals surface area contributed by atoms with Gasteiger partial charge in [-0.25, -0.2) is 0 Å². The number of amides is 2. The zero-order valence-electron chi connectivity index (χ0n) is 15.2. The number of hydrogen-bond acceptors (Lipinski definition) is 6. The van der Waals surface area contributed by atoms with Crippen LogP contribution in [0.5, 0.6) is 0 Å². The first-order chi connectivity index (χ1) is 13.2. The minimum atomic E-state index is -0.338. The van der Waals surface area contributed by atoms with Crippen LogP contribution in [-0.4, -0.2) is 68.5 Å². The molecule has 1 aromatic carbocycles. The normalized spacial score (nSPS) is 17.6. The van der Waals surface area contributed by atoms with Crippen molar-refractivity contribution < 1.29 is 19.1 Å². The second-order valence-electron chi connectivity index (χ2n) is 6.26. The zero-order valence-corrected chi connectivity index (χ0v) is 16.1. The van der Waals surface area contributed by atoms with Crippen molar-refractivity contribution in [3.05, 3.63) is 41.0 Å². The summed E-state index contributed by atoms with van der Waals surface area (Å²) in [5.41, 5.74) is 0.925. The molecule has 2 aliphatic heterocycles. The summed E-state index contributed by atoms with van der Waals surface area (Å²) in [5.74, 6) is 0.586. The molecule has 2 N–H and O–H groups in total. The second kappa shape index (κ2) is 10.3. The smallest absolute Gasteiger partial charge is 0.291 e. The molecule has 0 radical (unpaired) electrons. The van der Waals surface area contributed by atoms with Gasteiger partial charge in [0.05, 0.1) is 31.1 Å². The monoisotopic (exact) mass is 391 g/mol. The summed E-state index contributed by atoms with van der Waals surface area (Å²) in [6.45, 7) is 5.47. The number of nitrogens with one attached hydrogen (secondary N) is 2. The van der Waals surface area contributed by atoms with E-state index < -0.39 is 0 Å². The van der Waals surface area contributed by atoms with Crippen LogP contribution in [-0.2, 0) is 14.3 Å². The molecule has 8 heteroatoms. The molecular weight excluding hydrogens is 366 g/mol. The molecule has 0 aliphatic carbocycles. The highest BCUT2D eigenvalue weighted by Crippen LogP contribution is 2.19. The van der Waals surface area contributed by atoms with Crippen LogP contribution < -0.4 is 10.6 Å². The Kier molecular flexibility index (Phi) is 7.55. The van der Waals surface area contributed by atoms with Crippen molar-refractivity contribution in [2.24, 2.45) is 0 Å². The number of anilines is 1. The maximum Gasteiger partial charge on any atom is 0.291 e. The molecular formula is C19H25N3O4S. The van der Waals surface area contributed by atoms with Crippen LogP contribution in [0.4, 0.5) is 5.69 Å². The van der Waals surface area contributed by atoms with E-state index in [9.17, 15) is 9.59 Å². The van der Waals surface area contributed by atoms with Gasteiger partial charge in [0.1, 0.15) is 0 Å². The van der Waals surface area contributed by atoms with Crippen LogP contribution >= 0.6 is 11.8 Å². The van der Waals surface area contributed by atoms with E-state index in [4.69, 9.17) is 9.47 Å². The first kappa shape index (κ1) is 19.7. The molecule has 1 saturated heterocycles. The number of carbonyl (C=O) groups excluding carboxylic acids is 2. The summed E-state index contributed by atoms with van der Waals surface area (Å²) < 4.78 is 10.7. The predicted octanol–water partition coefficient (Wildman–Crippen LogP) is 1.68. The lowest BCUT2D eigenvalue weighted by Crippen LogP contribution is -2.38. The van der Waals surface area contributed by atoms with Gasteiger partial charge >= 0.3 is 0 Å². The Morgan fingerprint density at radius 2 is 1.93 bits per heavy atom. The molecule has 2 aliphatic rings. The minimum absolute atomic E-state index is 0.194. The highest BCUT2D eigenvalue weighted by Gasteiger charge is 2.18. The molecule has 146 valence electrons. The molecule has 0 aromatic heterocycles. The highest BCUT2D eigenvalue weighted by atomic mass is 32.2. The topological polar surface area (TPSA) is 79.9 Å². The minimum Gasteiger partial charge on any atom is -0.487 e. The molecule has 2 amide bonds. The lowest BCUT2D eigenvalue weighted by Gasteiger charge is -2.26. The molecule has 1 aromatic rings. The lowest BCUT2D eigenvalue weighted by molar-refractivity contribution is -0.116. The Bertz CT molecular complexity index is 689. The first-order valence-electron chi connectivity index (χ1n) is 9.17. The van der Waals surface area contributed by atoms with Crippen molar-refractivity contribution >= 4 is 29.3 Å². The largest absolute Gasteiger partial charge is 0.487 e. The van der Waals surface area contributed by atoms with E-state index in [1.165, 1.54) is 11.8 Å². The highest BCUT2D eigenvalue weighted by molar-refractivity contribution is 8.02. The Hall–Kier alpha value is -2.03. The van der Waals surface area contributed by atoms with E-state index in [0.29, 0.717) is 24.4 Å². The van der Waals surface area contributed by atoms with Gasteiger partial charge in [-0.05, 0) is 25.1 Å². The average Bonchev–Trinajstić information content (AvgIpc) is 2.73. The second-order valence-corrected chi connectivity index (χ2v) is 7.24. The molecule has 3 rings (SSSR count). The van der Waals surface area contributed by atoms with Crippen molar-refractivity contribution in [1.29, 1.82) is 0 Å². The molecule has 0 saturated carbocycles. The number of nitrogens with zero attached hydrogens (tertiary/aromatic N) is 1. The van der Waals surface area contributed by atoms with Crippen LogP contribution in [0.25, 0.3) is 0 Å². The van der Waals surface area contributed by atoms with Crippen LogP contribution in [0.3, 0.4) is 0 Å². The zero-order chi connectivity index (χ0) is 18.9. The third-order valence-electron chi connectivity index (χ3n) is 4.33. The van der Waals surface area contributed by atoms with Crippen LogP contribution in [0.1, 0.15) is 16.8 Å². The molecule has 7 nitrogen and oxygen atoms in total. The van der Waals surface area contributed by atoms with Crippen LogP contribution in [0, 0.1) is 0 Å². The molecule has 0 atom stereocenters. The molecule has 0 unspecified atom stereocenters. The Balaban J connectivity index is 1.50. The van der Waals surface area contributed by atoms with E-state index in [-0.39, 0.29) is 17.6 Å². The fraction of sp³-hybridized carbons (Fsp3) is 0.474. The van der Waals surface area contributed by atoms with Gasteiger partial charge in [-0.2, -0.15) is 0 Å². The number of thioether (sulfide) groups is 1. The van der Waals surface area contributed by atoms with Crippen molar-refractivity contribution in [1.82, 2.24) is 10.2 Å². The predicted molar refractivity (Wildman–Crippen MR) is 106 cm³/mol. The number of carbonyl (C=O) groups is 2. The van der Waals surface area contributed by atoms with E-state index in [1.807, 2.05) is 0 Å². The maximum absolute atomic E-state index is 12.5. The summed E-state index contributed by atoms with van der Waals surface area (Å²) in [6.07, 6.45) is 0.873. The number of hydrogen-bond donors (Lipinski definition) is 2. The first-order valence-corrected chi connectivity index (χ1v) is 10.2. The SMILES string of the molecule is O=C(Nc1ccccc1C(=O)NCCCN1CCOCC1)C1=CSCCO1. The van der Waals surface area contributed by atoms with Crippen molar-refractivity contribution in [2.45, 2.75) is 6.42 Å². The number of para-hydroxylation sites is 1. The van der Waals surface area contributed by atoms with Crippen molar-refractivity contribution in [3.8, 4) is 0 Å². The van der Waals surface area contributed by atoms with Crippen molar-refractivity contribution in [3.63, 3.8) is 0 Å². The Morgan fingerprint density at radius 1 is 1.11 bits per heavy atom. The summed E-state index contributed by atoms with van der Waals surface area (Å²) in [6, 6.07) is 7.00. The molecule has 1 fully saturated rings. The van der Waals surface area contributed by atoms with E-state index in [2.05, 4.69) is 15.5 Å². The van der Waals surface area contributed by atoms with Gasteiger partial charge in [0.15, 0.2) is 5.76 Å². The molecule has 27 heavy (non-hydrogen) atoms. The molecule has 2 heterocycles. The van der Waals surface area contributed by atoms with Gasteiger partial charge in [-0.15, -0.1) is 11.8 Å². The number of benzene rings is 1. The lowest BCUT2D eigenvalue weighted by atomic mass is 10.1. The van der Waals surface area contributed by atoms with E-state index in [1.54, 1.807) is 29.7 Å². The van der Waals surface area contributed by atoms with E-state index in [0.717, 1.165) is 45.0 Å². The van der Waals surface area contributed by atoms with Gasteiger partial charge in [0.25, 0.3) is 11.8 Å². The number of ether oxygens (including phenoxy) is 2. The standard InChI is InChI=1S/C19H25N3O4S/c23-18(20-6-3-7-22-8-10-25-11-9-22)15-4-1-2-5-16(15)21-19(24)17-14-27-13-12-26-17/h1-2,4-5,14H,3,6-13H2,(H,20,23)(H,21,24). The van der Waals surface area contributed by atoms with Gasteiger partial charge < -0.3 is 20.1 Å². The number of rotatable bonds is 7. The summed E-state index contributed by atoms with van der Waals surface area (Å²) in [4.78, 5) is 27.2. The number of morpholine rings is 1. The summed E-state index contributed by atoms with van der Waals surface area (Å²) in [5, 5.41) is 7.41. The van der Waals surface area contributed by atoms with Gasteiger partial charge in [-0.3, -0.25) is 14.5 Å². The van der Waals surface area contributed by atoms with Gasteiger partial charge in [-0.1, -0.05) is 12.1 Å². The fourth-order valence-electron chi connectivity index (χ4n) is 2.89. The maximum atomic E-state index is 12.5. The molecule has 0 bridgehead atoms. The third kappa shape index (κ3) is 5.98.